The first kappa shape index (κ1) is 18.1. The second-order valence-electron chi connectivity index (χ2n) is 5.56. The number of hydrogen-bond donors (Lipinski definition) is 2. The Balaban J connectivity index is 0.00000220. The molecule has 0 atom stereocenters. The maximum absolute atomic E-state index is 5.70. The van der Waals surface area contributed by atoms with Gasteiger partial charge in [-0.2, -0.15) is 0 Å². The molecule has 1 aromatic rings. The van der Waals surface area contributed by atoms with Crippen LogP contribution in [0, 0.1) is 5.92 Å². The van der Waals surface area contributed by atoms with E-state index in [2.05, 4.69) is 27.8 Å². The summed E-state index contributed by atoms with van der Waals surface area (Å²) in [6.07, 6.45) is 2.89. The highest BCUT2D eigenvalue weighted by molar-refractivity contribution is 14.0. The van der Waals surface area contributed by atoms with Gasteiger partial charge in [-0.3, -0.25) is 4.99 Å². The van der Waals surface area contributed by atoms with Crippen LogP contribution in [0.15, 0.2) is 29.3 Å². The zero-order chi connectivity index (χ0) is 14.4. The lowest BCUT2D eigenvalue weighted by molar-refractivity contribution is 0.242. The number of rotatable bonds is 6. The molecule has 0 radical (unpaired) electrons. The first-order valence-electron chi connectivity index (χ1n) is 7.37. The standard InChI is InChI=1S/C16H25N3O.HI/c1-12(2)20-15-6-4-5-14(9-15)11-19-16(17-3)18-10-13-7-8-13;/h4-6,9,12-13H,7-8,10-11H2,1-3H3,(H2,17,18,19);1H. The molecule has 4 nitrogen and oxygen atoms in total. The monoisotopic (exact) mass is 403 g/mol. The normalized spacial score (nSPS) is 14.6. The highest BCUT2D eigenvalue weighted by Gasteiger charge is 2.20. The molecule has 2 rings (SSSR count). The van der Waals surface area contributed by atoms with Gasteiger partial charge in [0.2, 0.25) is 0 Å². The van der Waals surface area contributed by atoms with Crippen LogP contribution in [0.5, 0.6) is 5.75 Å². The topological polar surface area (TPSA) is 45.7 Å². The summed E-state index contributed by atoms with van der Waals surface area (Å²) in [6, 6.07) is 8.17. The van der Waals surface area contributed by atoms with Gasteiger partial charge in [-0.15, -0.1) is 24.0 Å². The molecule has 1 fully saturated rings. The van der Waals surface area contributed by atoms with Gasteiger partial charge < -0.3 is 15.4 Å². The van der Waals surface area contributed by atoms with Crippen LogP contribution >= 0.6 is 24.0 Å². The van der Waals surface area contributed by atoms with Gasteiger partial charge in [0.25, 0.3) is 0 Å². The zero-order valence-electron chi connectivity index (χ0n) is 13.1. The Morgan fingerprint density at radius 3 is 2.71 bits per heavy atom. The minimum absolute atomic E-state index is 0. The highest BCUT2D eigenvalue weighted by atomic mass is 127. The van der Waals surface area contributed by atoms with E-state index in [-0.39, 0.29) is 30.1 Å². The van der Waals surface area contributed by atoms with Gasteiger partial charge in [0.15, 0.2) is 5.96 Å². The quantitative estimate of drug-likeness (QED) is 0.436. The van der Waals surface area contributed by atoms with Crippen molar-refractivity contribution >= 4 is 29.9 Å². The third kappa shape index (κ3) is 7.02. The van der Waals surface area contributed by atoms with Gasteiger partial charge in [0.1, 0.15) is 5.75 Å². The Morgan fingerprint density at radius 2 is 2.10 bits per heavy atom. The van der Waals surface area contributed by atoms with Crippen molar-refractivity contribution in [1.82, 2.24) is 10.6 Å². The molecule has 0 aromatic heterocycles. The Bertz CT molecular complexity index is 459. The van der Waals surface area contributed by atoms with Crippen LogP contribution in [-0.4, -0.2) is 25.7 Å². The molecule has 2 N–H and O–H groups in total. The van der Waals surface area contributed by atoms with E-state index in [1.807, 2.05) is 26.0 Å². The van der Waals surface area contributed by atoms with Crippen molar-refractivity contribution in [2.24, 2.45) is 10.9 Å². The van der Waals surface area contributed by atoms with E-state index in [0.717, 1.165) is 30.7 Å². The molecule has 21 heavy (non-hydrogen) atoms. The van der Waals surface area contributed by atoms with Crippen LogP contribution in [-0.2, 0) is 6.54 Å². The Morgan fingerprint density at radius 1 is 1.33 bits per heavy atom. The largest absolute Gasteiger partial charge is 0.491 e. The molecule has 0 bridgehead atoms. The summed E-state index contributed by atoms with van der Waals surface area (Å²) in [7, 11) is 1.81. The lowest BCUT2D eigenvalue weighted by Gasteiger charge is -2.13. The number of benzene rings is 1. The van der Waals surface area contributed by atoms with Crippen molar-refractivity contribution in [2.75, 3.05) is 13.6 Å². The Kier molecular flexibility index (Phi) is 7.85. The minimum Gasteiger partial charge on any atom is -0.491 e. The average Bonchev–Trinajstić information content (AvgIpc) is 3.23. The SMILES string of the molecule is CN=C(NCc1cccc(OC(C)C)c1)NCC1CC1.I. The molecule has 1 aliphatic carbocycles. The molecule has 0 amide bonds. The molecule has 5 heteroatoms. The first-order chi connectivity index (χ1) is 9.67. The minimum atomic E-state index is 0. The summed E-state index contributed by atoms with van der Waals surface area (Å²) in [5.41, 5.74) is 1.19. The maximum Gasteiger partial charge on any atom is 0.191 e. The van der Waals surface area contributed by atoms with Gasteiger partial charge in [0, 0.05) is 20.1 Å². The van der Waals surface area contributed by atoms with Crippen molar-refractivity contribution in [2.45, 2.75) is 39.3 Å². The number of aliphatic imine (C=N–C) groups is 1. The van der Waals surface area contributed by atoms with Gasteiger partial charge >= 0.3 is 0 Å². The number of guanidine groups is 1. The lowest BCUT2D eigenvalue weighted by Crippen LogP contribution is -2.37. The van der Waals surface area contributed by atoms with E-state index in [0.29, 0.717) is 0 Å². The zero-order valence-corrected chi connectivity index (χ0v) is 15.4. The van der Waals surface area contributed by atoms with E-state index in [1.54, 1.807) is 7.05 Å². The van der Waals surface area contributed by atoms with Crippen molar-refractivity contribution in [3.05, 3.63) is 29.8 Å². The van der Waals surface area contributed by atoms with Gasteiger partial charge in [-0.1, -0.05) is 12.1 Å². The van der Waals surface area contributed by atoms with E-state index >= 15 is 0 Å². The van der Waals surface area contributed by atoms with Crippen molar-refractivity contribution in [3.63, 3.8) is 0 Å². The van der Waals surface area contributed by atoms with Gasteiger partial charge in [-0.05, 0) is 50.3 Å². The fourth-order valence-electron chi connectivity index (χ4n) is 1.97. The summed E-state index contributed by atoms with van der Waals surface area (Å²) in [5, 5.41) is 6.69. The Hall–Kier alpha value is -0.980. The fraction of sp³-hybridized carbons (Fsp3) is 0.562. The second-order valence-corrected chi connectivity index (χ2v) is 5.56. The molecule has 0 heterocycles. The van der Waals surface area contributed by atoms with Gasteiger partial charge in [-0.25, -0.2) is 0 Å². The molecule has 0 spiro atoms. The van der Waals surface area contributed by atoms with Crippen LogP contribution in [0.1, 0.15) is 32.3 Å². The number of halogens is 1. The summed E-state index contributed by atoms with van der Waals surface area (Å²) < 4.78 is 5.70. The van der Waals surface area contributed by atoms with Gasteiger partial charge in [0.05, 0.1) is 6.10 Å². The summed E-state index contributed by atoms with van der Waals surface area (Å²) in [4.78, 5) is 4.24. The molecule has 1 aromatic carbocycles. The molecule has 0 unspecified atom stereocenters. The fourth-order valence-corrected chi connectivity index (χ4v) is 1.97. The number of ether oxygens (including phenoxy) is 1. The van der Waals surface area contributed by atoms with Crippen molar-refractivity contribution < 1.29 is 4.74 Å². The molecule has 1 aliphatic rings. The van der Waals surface area contributed by atoms with Crippen LogP contribution in [0.2, 0.25) is 0 Å². The molecule has 0 saturated heterocycles. The van der Waals surface area contributed by atoms with E-state index in [4.69, 9.17) is 4.74 Å². The first-order valence-corrected chi connectivity index (χ1v) is 7.37. The number of nitrogens with one attached hydrogen (secondary N) is 2. The molecule has 0 aliphatic heterocycles. The summed E-state index contributed by atoms with van der Waals surface area (Å²) in [5.74, 6) is 2.63. The van der Waals surface area contributed by atoms with Crippen LogP contribution < -0.4 is 15.4 Å². The van der Waals surface area contributed by atoms with E-state index in [9.17, 15) is 0 Å². The summed E-state index contributed by atoms with van der Waals surface area (Å²) in [6.45, 7) is 5.85. The molecular formula is C16H26IN3O. The second kappa shape index (κ2) is 9.12. The van der Waals surface area contributed by atoms with Crippen molar-refractivity contribution in [1.29, 1.82) is 0 Å². The third-order valence-electron chi connectivity index (χ3n) is 3.21. The third-order valence-corrected chi connectivity index (χ3v) is 3.21. The smallest absolute Gasteiger partial charge is 0.191 e. The number of hydrogen-bond acceptors (Lipinski definition) is 2. The summed E-state index contributed by atoms with van der Waals surface area (Å²) >= 11 is 0. The average molecular weight is 403 g/mol. The molecule has 118 valence electrons. The van der Waals surface area contributed by atoms with Crippen molar-refractivity contribution in [3.8, 4) is 5.75 Å². The van der Waals surface area contributed by atoms with Crippen LogP contribution in [0.25, 0.3) is 0 Å². The number of nitrogens with zero attached hydrogens (tertiary/aromatic N) is 1. The molecular weight excluding hydrogens is 377 g/mol. The predicted octanol–water partition coefficient (Wildman–Crippen LogP) is 3.17. The predicted molar refractivity (Wildman–Crippen MR) is 98.5 cm³/mol. The van der Waals surface area contributed by atoms with Crippen LogP contribution in [0.4, 0.5) is 0 Å². The Labute approximate surface area is 144 Å². The lowest BCUT2D eigenvalue weighted by atomic mass is 10.2. The van der Waals surface area contributed by atoms with E-state index in [1.165, 1.54) is 18.4 Å². The van der Waals surface area contributed by atoms with E-state index < -0.39 is 0 Å². The highest BCUT2D eigenvalue weighted by Crippen LogP contribution is 2.27. The van der Waals surface area contributed by atoms with Crippen LogP contribution in [0.3, 0.4) is 0 Å². The maximum atomic E-state index is 5.70. The molecule has 1 saturated carbocycles.